The number of anilines is 2. The fraction of sp³-hybridized carbons (Fsp3) is 0.280. The summed E-state index contributed by atoms with van der Waals surface area (Å²) >= 11 is 0. The van der Waals surface area contributed by atoms with Gasteiger partial charge in [-0.05, 0) is 86.8 Å². The quantitative estimate of drug-likeness (QED) is 0.581. The summed E-state index contributed by atoms with van der Waals surface area (Å²) < 4.78 is 5.72. The number of pyridine rings is 1. The highest BCUT2D eigenvalue weighted by atomic mass is 16.5. The molecular weight excluding hydrogens is 388 g/mol. The van der Waals surface area contributed by atoms with Gasteiger partial charge in [-0.1, -0.05) is 24.3 Å². The molecule has 2 amide bonds. The van der Waals surface area contributed by atoms with E-state index in [1.54, 1.807) is 18.3 Å². The van der Waals surface area contributed by atoms with Crippen molar-refractivity contribution in [1.29, 1.82) is 0 Å². The Morgan fingerprint density at radius 2 is 1.87 bits per heavy atom. The van der Waals surface area contributed by atoms with E-state index in [0.29, 0.717) is 17.5 Å². The second kappa shape index (κ2) is 9.62. The van der Waals surface area contributed by atoms with E-state index in [4.69, 9.17) is 4.74 Å². The van der Waals surface area contributed by atoms with Gasteiger partial charge in [-0.3, -0.25) is 5.32 Å². The predicted octanol–water partition coefficient (Wildman–Crippen LogP) is 5.18. The lowest BCUT2D eigenvalue weighted by atomic mass is 9.83. The SMILES string of the molecule is CN(C)CC1CCc2cc(NC(=O)Nc3ccc(Oc4ccccc4)cn3)ccc2C1. The molecule has 2 N–H and O–H groups in total. The second-order valence-corrected chi connectivity index (χ2v) is 8.23. The van der Waals surface area contributed by atoms with Crippen LogP contribution in [-0.4, -0.2) is 36.6 Å². The highest BCUT2D eigenvalue weighted by Crippen LogP contribution is 2.28. The summed E-state index contributed by atoms with van der Waals surface area (Å²) in [5, 5.41) is 5.68. The number of carbonyl (C=O) groups excluding carboxylic acids is 1. The molecule has 4 rings (SSSR count). The molecule has 0 saturated carbocycles. The van der Waals surface area contributed by atoms with E-state index >= 15 is 0 Å². The van der Waals surface area contributed by atoms with Gasteiger partial charge in [0, 0.05) is 12.2 Å². The Morgan fingerprint density at radius 1 is 1.03 bits per heavy atom. The lowest BCUT2D eigenvalue weighted by Crippen LogP contribution is -2.26. The highest BCUT2D eigenvalue weighted by Gasteiger charge is 2.19. The van der Waals surface area contributed by atoms with Crippen molar-refractivity contribution in [3.05, 3.63) is 78.0 Å². The molecule has 31 heavy (non-hydrogen) atoms. The van der Waals surface area contributed by atoms with E-state index in [1.807, 2.05) is 36.4 Å². The minimum Gasteiger partial charge on any atom is -0.456 e. The largest absolute Gasteiger partial charge is 0.456 e. The molecule has 1 aliphatic carbocycles. The standard InChI is InChI=1S/C25H28N4O2/c1-29(2)17-18-8-9-20-15-21(11-10-19(20)14-18)27-25(30)28-24-13-12-23(16-26-24)31-22-6-4-3-5-7-22/h3-7,10-13,15-16,18H,8-9,14,17H2,1-2H3,(H2,26,27,28,30). The second-order valence-electron chi connectivity index (χ2n) is 8.23. The number of benzene rings is 2. The molecule has 1 unspecified atom stereocenters. The number of hydrogen-bond acceptors (Lipinski definition) is 4. The molecule has 0 radical (unpaired) electrons. The topological polar surface area (TPSA) is 66.5 Å². The van der Waals surface area contributed by atoms with Crippen molar-refractivity contribution in [1.82, 2.24) is 9.88 Å². The number of amides is 2. The summed E-state index contributed by atoms with van der Waals surface area (Å²) in [7, 11) is 4.25. The Morgan fingerprint density at radius 3 is 2.61 bits per heavy atom. The minimum atomic E-state index is -0.314. The summed E-state index contributed by atoms with van der Waals surface area (Å²) in [6, 6.07) is 18.9. The molecule has 3 aromatic rings. The van der Waals surface area contributed by atoms with Crippen LogP contribution in [0.4, 0.5) is 16.3 Å². The van der Waals surface area contributed by atoms with Crippen molar-refractivity contribution in [2.24, 2.45) is 5.92 Å². The number of rotatable bonds is 6. The third kappa shape index (κ3) is 5.83. The van der Waals surface area contributed by atoms with Gasteiger partial charge in [0.1, 0.15) is 17.3 Å². The molecule has 0 saturated heterocycles. The van der Waals surface area contributed by atoms with Crippen LogP contribution in [0.5, 0.6) is 11.5 Å². The first kappa shape index (κ1) is 20.9. The van der Waals surface area contributed by atoms with Gasteiger partial charge in [-0.2, -0.15) is 0 Å². The van der Waals surface area contributed by atoms with Gasteiger partial charge < -0.3 is 15.0 Å². The molecule has 1 aliphatic rings. The molecule has 1 atom stereocenters. The molecule has 1 aromatic heterocycles. The van der Waals surface area contributed by atoms with Crippen LogP contribution >= 0.6 is 0 Å². The fourth-order valence-electron chi connectivity index (χ4n) is 4.00. The molecule has 160 valence electrons. The molecule has 0 bridgehead atoms. The van der Waals surface area contributed by atoms with Crippen LogP contribution in [0.15, 0.2) is 66.9 Å². The molecule has 0 aliphatic heterocycles. The number of carbonyl (C=O) groups is 1. The smallest absolute Gasteiger partial charge is 0.324 e. The van der Waals surface area contributed by atoms with E-state index in [2.05, 4.69) is 46.7 Å². The first-order valence-corrected chi connectivity index (χ1v) is 10.6. The van der Waals surface area contributed by atoms with Gasteiger partial charge in [0.25, 0.3) is 0 Å². The molecule has 1 heterocycles. The van der Waals surface area contributed by atoms with Crippen molar-refractivity contribution >= 4 is 17.5 Å². The molecule has 6 nitrogen and oxygen atoms in total. The number of urea groups is 1. The van der Waals surface area contributed by atoms with E-state index in [9.17, 15) is 4.79 Å². The maximum absolute atomic E-state index is 12.4. The first-order chi connectivity index (χ1) is 15.0. The van der Waals surface area contributed by atoms with E-state index in [1.165, 1.54) is 17.5 Å². The monoisotopic (exact) mass is 416 g/mol. The summed E-state index contributed by atoms with van der Waals surface area (Å²) in [5.74, 6) is 2.51. The lowest BCUT2D eigenvalue weighted by Gasteiger charge is -2.27. The first-order valence-electron chi connectivity index (χ1n) is 10.6. The average molecular weight is 417 g/mol. The molecule has 0 fully saturated rings. The zero-order chi connectivity index (χ0) is 21.6. The van der Waals surface area contributed by atoms with Gasteiger partial charge >= 0.3 is 6.03 Å². The van der Waals surface area contributed by atoms with Gasteiger partial charge in [0.05, 0.1) is 6.20 Å². The average Bonchev–Trinajstić information content (AvgIpc) is 2.75. The van der Waals surface area contributed by atoms with Gasteiger partial charge in [0.2, 0.25) is 0 Å². The van der Waals surface area contributed by atoms with E-state index in [-0.39, 0.29) is 6.03 Å². The van der Waals surface area contributed by atoms with Gasteiger partial charge in [-0.25, -0.2) is 9.78 Å². The third-order valence-electron chi connectivity index (χ3n) is 5.37. The van der Waals surface area contributed by atoms with Crippen LogP contribution in [0.1, 0.15) is 17.5 Å². The van der Waals surface area contributed by atoms with Crippen LogP contribution in [0.2, 0.25) is 0 Å². The number of nitrogens with one attached hydrogen (secondary N) is 2. The lowest BCUT2D eigenvalue weighted by molar-refractivity contribution is 0.262. The van der Waals surface area contributed by atoms with Crippen molar-refractivity contribution < 1.29 is 9.53 Å². The number of hydrogen-bond donors (Lipinski definition) is 2. The highest BCUT2D eigenvalue weighted by molar-refractivity contribution is 5.99. The minimum absolute atomic E-state index is 0.314. The molecule has 2 aromatic carbocycles. The van der Waals surface area contributed by atoms with Crippen LogP contribution in [0, 0.1) is 5.92 Å². The Bertz CT molecular complexity index is 1020. The summed E-state index contributed by atoms with van der Waals surface area (Å²) in [5.41, 5.74) is 3.51. The number of nitrogens with zero attached hydrogens (tertiary/aromatic N) is 2. The third-order valence-corrected chi connectivity index (χ3v) is 5.37. The van der Waals surface area contributed by atoms with Crippen LogP contribution in [-0.2, 0) is 12.8 Å². The summed E-state index contributed by atoms with van der Waals surface area (Å²) in [6.07, 6.45) is 4.92. The zero-order valence-corrected chi connectivity index (χ0v) is 18.0. The fourth-order valence-corrected chi connectivity index (χ4v) is 4.00. The molecule has 0 spiro atoms. The predicted molar refractivity (Wildman–Crippen MR) is 124 cm³/mol. The van der Waals surface area contributed by atoms with Crippen molar-refractivity contribution in [2.75, 3.05) is 31.3 Å². The number of aromatic nitrogens is 1. The Balaban J connectivity index is 1.32. The van der Waals surface area contributed by atoms with Crippen LogP contribution in [0.3, 0.4) is 0 Å². The van der Waals surface area contributed by atoms with Crippen LogP contribution in [0.25, 0.3) is 0 Å². The van der Waals surface area contributed by atoms with Crippen LogP contribution < -0.4 is 15.4 Å². The zero-order valence-electron chi connectivity index (χ0n) is 18.0. The Labute approximate surface area is 183 Å². The molecular formula is C25H28N4O2. The summed E-state index contributed by atoms with van der Waals surface area (Å²) in [4.78, 5) is 18.9. The van der Waals surface area contributed by atoms with Crippen molar-refractivity contribution in [3.8, 4) is 11.5 Å². The number of para-hydroxylation sites is 1. The number of fused-ring (bicyclic) bond motifs is 1. The van der Waals surface area contributed by atoms with E-state index < -0.39 is 0 Å². The molecule has 6 heteroatoms. The maximum Gasteiger partial charge on any atom is 0.324 e. The number of ether oxygens (including phenoxy) is 1. The van der Waals surface area contributed by atoms with Gasteiger partial charge in [0.15, 0.2) is 0 Å². The normalized spacial score (nSPS) is 15.3. The van der Waals surface area contributed by atoms with Crippen molar-refractivity contribution in [2.45, 2.75) is 19.3 Å². The van der Waals surface area contributed by atoms with E-state index in [0.717, 1.165) is 30.8 Å². The Hall–Kier alpha value is -3.38. The Kier molecular flexibility index (Phi) is 6.48. The summed E-state index contributed by atoms with van der Waals surface area (Å²) in [6.45, 7) is 1.12. The number of aryl methyl sites for hydroxylation is 1. The maximum atomic E-state index is 12.4. The van der Waals surface area contributed by atoms with Crippen molar-refractivity contribution in [3.63, 3.8) is 0 Å². The van der Waals surface area contributed by atoms with Gasteiger partial charge in [-0.15, -0.1) is 0 Å².